The molecule has 2 aromatic rings. The van der Waals surface area contributed by atoms with Crippen LogP contribution >= 0.6 is 0 Å². The predicted molar refractivity (Wildman–Crippen MR) is 82.5 cm³/mol. The van der Waals surface area contributed by atoms with Gasteiger partial charge in [-0.15, -0.1) is 0 Å². The zero-order chi connectivity index (χ0) is 15.1. The van der Waals surface area contributed by atoms with Gasteiger partial charge >= 0.3 is 0 Å². The van der Waals surface area contributed by atoms with Crippen LogP contribution in [0.5, 0.6) is 11.5 Å². The molecule has 0 saturated heterocycles. The molecular weight excluding hydrogens is 266 g/mol. The van der Waals surface area contributed by atoms with Gasteiger partial charge in [0.05, 0.1) is 13.7 Å². The van der Waals surface area contributed by atoms with Crippen LogP contribution in [0.4, 0.5) is 0 Å². The van der Waals surface area contributed by atoms with Crippen LogP contribution in [0, 0.1) is 0 Å². The maximum atomic E-state index is 9.85. The third kappa shape index (κ3) is 4.48. The van der Waals surface area contributed by atoms with Gasteiger partial charge in [0, 0.05) is 18.2 Å². The van der Waals surface area contributed by atoms with Crippen LogP contribution in [0.25, 0.3) is 0 Å². The van der Waals surface area contributed by atoms with E-state index in [-0.39, 0.29) is 18.4 Å². The lowest BCUT2D eigenvalue weighted by Crippen LogP contribution is -2.34. The molecule has 21 heavy (non-hydrogen) atoms. The lowest BCUT2D eigenvalue weighted by Gasteiger charge is -2.17. The average Bonchev–Trinajstić information content (AvgIpc) is 2.53. The summed E-state index contributed by atoms with van der Waals surface area (Å²) in [5, 5.41) is 22.6. The number of ether oxygens (including phenoxy) is 1. The highest BCUT2D eigenvalue weighted by Gasteiger charge is 2.10. The molecule has 3 N–H and O–H groups in total. The highest BCUT2D eigenvalue weighted by molar-refractivity contribution is 5.39. The Morgan fingerprint density at radius 3 is 2.57 bits per heavy atom. The maximum Gasteiger partial charge on any atom is 0.120 e. The van der Waals surface area contributed by atoms with Crippen molar-refractivity contribution in [3.63, 3.8) is 0 Å². The summed E-state index contributed by atoms with van der Waals surface area (Å²) in [6.45, 7) is 0.515. The summed E-state index contributed by atoms with van der Waals surface area (Å²) in [7, 11) is 1.59. The first-order chi connectivity index (χ1) is 10.2. The minimum absolute atomic E-state index is 0.0413. The minimum Gasteiger partial charge on any atom is -0.508 e. The van der Waals surface area contributed by atoms with Gasteiger partial charge in [0.15, 0.2) is 0 Å². The summed E-state index contributed by atoms with van der Waals surface area (Å²) >= 11 is 0. The highest BCUT2D eigenvalue weighted by atomic mass is 16.5. The molecule has 0 aliphatic rings. The molecule has 4 nitrogen and oxygen atoms in total. The molecule has 2 aromatic carbocycles. The Morgan fingerprint density at radius 1 is 1.14 bits per heavy atom. The summed E-state index contributed by atoms with van der Waals surface area (Å²) in [6.07, 6.45) is 0.738. The van der Waals surface area contributed by atoms with Crippen LogP contribution in [-0.4, -0.2) is 30.0 Å². The molecule has 1 atom stereocenters. The fourth-order valence-electron chi connectivity index (χ4n) is 2.18. The smallest absolute Gasteiger partial charge is 0.120 e. The van der Waals surface area contributed by atoms with E-state index in [1.165, 1.54) is 5.56 Å². The monoisotopic (exact) mass is 287 g/mol. The molecule has 0 aromatic heterocycles. The Morgan fingerprint density at radius 2 is 1.90 bits per heavy atom. The van der Waals surface area contributed by atoms with Gasteiger partial charge in [-0.1, -0.05) is 30.3 Å². The van der Waals surface area contributed by atoms with Crippen molar-refractivity contribution >= 4 is 0 Å². The maximum absolute atomic E-state index is 9.85. The molecule has 0 heterocycles. The highest BCUT2D eigenvalue weighted by Crippen LogP contribution is 2.22. The Labute approximate surface area is 125 Å². The minimum atomic E-state index is -0.0574. The third-order valence-electron chi connectivity index (χ3n) is 3.41. The van der Waals surface area contributed by atoms with Crippen molar-refractivity contribution < 1.29 is 14.9 Å². The Kier molecular flexibility index (Phi) is 5.60. The molecule has 0 amide bonds. The SMILES string of the molecule is COc1ccc(O)c(CNC(CO)Cc2ccccc2)c1. The van der Waals surface area contributed by atoms with Gasteiger partial charge in [0.2, 0.25) is 0 Å². The average molecular weight is 287 g/mol. The van der Waals surface area contributed by atoms with E-state index >= 15 is 0 Å². The second-order valence-corrected chi connectivity index (χ2v) is 4.94. The van der Waals surface area contributed by atoms with Crippen molar-refractivity contribution in [3.05, 3.63) is 59.7 Å². The lowest BCUT2D eigenvalue weighted by molar-refractivity contribution is 0.240. The number of methoxy groups -OCH3 is 1. The Hall–Kier alpha value is -2.04. The lowest BCUT2D eigenvalue weighted by atomic mass is 10.1. The summed E-state index contributed by atoms with van der Waals surface area (Å²) in [4.78, 5) is 0. The van der Waals surface area contributed by atoms with E-state index in [4.69, 9.17) is 4.74 Å². The summed E-state index contributed by atoms with van der Waals surface area (Å²) in [5.74, 6) is 0.924. The molecule has 1 unspecified atom stereocenters. The summed E-state index contributed by atoms with van der Waals surface area (Å²) in [6, 6.07) is 15.1. The number of phenolic OH excluding ortho intramolecular Hbond substituents is 1. The molecule has 0 radical (unpaired) electrons. The number of aromatic hydroxyl groups is 1. The van der Waals surface area contributed by atoms with Gasteiger partial charge < -0.3 is 20.3 Å². The first-order valence-corrected chi connectivity index (χ1v) is 6.97. The van der Waals surface area contributed by atoms with E-state index in [1.807, 2.05) is 30.3 Å². The number of phenols is 1. The van der Waals surface area contributed by atoms with Crippen molar-refractivity contribution in [1.29, 1.82) is 0 Å². The molecule has 4 heteroatoms. The van der Waals surface area contributed by atoms with E-state index in [1.54, 1.807) is 25.3 Å². The molecule has 112 valence electrons. The normalized spacial score (nSPS) is 12.1. The first kappa shape index (κ1) is 15.4. The fraction of sp³-hybridized carbons (Fsp3) is 0.294. The topological polar surface area (TPSA) is 61.7 Å². The Balaban J connectivity index is 1.97. The van der Waals surface area contributed by atoms with Crippen LogP contribution in [0.2, 0.25) is 0 Å². The van der Waals surface area contributed by atoms with Crippen molar-refractivity contribution in [3.8, 4) is 11.5 Å². The number of hydrogen-bond donors (Lipinski definition) is 3. The summed E-state index contributed by atoms with van der Waals surface area (Å²) < 4.78 is 5.15. The molecule has 2 rings (SSSR count). The number of rotatable bonds is 7. The molecule has 0 aliphatic heterocycles. The molecular formula is C17H21NO3. The van der Waals surface area contributed by atoms with Gasteiger partial charge in [-0.2, -0.15) is 0 Å². The third-order valence-corrected chi connectivity index (χ3v) is 3.41. The van der Waals surface area contributed by atoms with Crippen LogP contribution in [0.3, 0.4) is 0 Å². The zero-order valence-corrected chi connectivity index (χ0v) is 12.1. The molecule has 0 aliphatic carbocycles. The van der Waals surface area contributed by atoms with Gasteiger partial charge in [0.25, 0.3) is 0 Å². The van der Waals surface area contributed by atoms with Crippen molar-refractivity contribution in [1.82, 2.24) is 5.32 Å². The van der Waals surface area contributed by atoms with Crippen molar-refractivity contribution in [2.24, 2.45) is 0 Å². The number of benzene rings is 2. The van der Waals surface area contributed by atoms with Crippen molar-refractivity contribution in [2.45, 2.75) is 19.0 Å². The van der Waals surface area contributed by atoms with E-state index in [0.717, 1.165) is 12.0 Å². The van der Waals surface area contributed by atoms with Crippen LogP contribution in [0.1, 0.15) is 11.1 Å². The standard InChI is InChI=1S/C17H21NO3/c1-21-16-7-8-17(20)14(10-16)11-18-15(12-19)9-13-5-3-2-4-6-13/h2-8,10,15,18-20H,9,11-12H2,1H3. The molecule has 0 fully saturated rings. The number of nitrogens with one attached hydrogen (secondary N) is 1. The van der Waals surface area contributed by atoms with Gasteiger partial charge in [-0.25, -0.2) is 0 Å². The molecule has 0 bridgehead atoms. The fourth-order valence-corrected chi connectivity index (χ4v) is 2.18. The Bertz CT molecular complexity index is 557. The van der Waals surface area contributed by atoms with Gasteiger partial charge in [-0.05, 0) is 30.2 Å². The van der Waals surface area contributed by atoms with E-state index in [2.05, 4.69) is 5.32 Å². The zero-order valence-electron chi connectivity index (χ0n) is 12.1. The van der Waals surface area contributed by atoms with Crippen LogP contribution in [0.15, 0.2) is 48.5 Å². The molecule has 0 spiro atoms. The second kappa shape index (κ2) is 7.67. The predicted octanol–water partition coefficient (Wildman–Crippen LogP) is 2.09. The number of aliphatic hydroxyl groups is 1. The number of hydrogen-bond acceptors (Lipinski definition) is 4. The quantitative estimate of drug-likeness (QED) is 0.730. The number of aliphatic hydroxyl groups excluding tert-OH is 1. The van der Waals surface area contributed by atoms with Crippen molar-refractivity contribution in [2.75, 3.05) is 13.7 Å². The van der Waals surface area contributed by atoms with E-state index in [9.17, 15) is 10.2 Å². The van der Waals surface area contributed by atoms with Gasteiger partial charge in [-0.3, -0.25) is 0 Å². The largest absolute Gasteiger partial charge is 0.508 e. The van der Waals surface area contributed by atoms with Crippen LogP contribution < -0.4 is 10.1 Å². The second-order valence-electron chi connectivity index (χ2n) is 4.94. The first-order valence-electron chi connectivity index (χ1n) is 6.97. The van der Waals surface area contributed by atoms with E-state index < -0.39 is 0 Å². The van der Waals surface area contributed by atoms with E-state index in [0.29, 0.717) is 12.3 Å². The van der Waals surface area contributed by atoms with Gasteiger partial charge in [0.1, 0.15) is 11.5 Å². The van der Waals surface area contributed by atoms with Crippen LogP contribution in [-0.2, 0) is 13.0 Å². The summed E-state index contributed by atoms with van der Waals surface area (Å²) in [5.41, 5.74) is 1.92. The molecule has 0 saturated carbocycles.